The molecular formula is C6H12ClNO4S. The molecule has 1 saturated heterocycles. The molecule has 0 radical (unpaired) electrons. The molecule has 13 heavy (non-hydrogen) atoms. The Morgan fingerprint density at radius 1 is 1.62 bits per heavy atom. The lowest BCUT2D eigenvalue weighted by molar-refractivity contribution is -0.137. The van der Waals surface area contributed by atoms with Crippen LogP contribution in [0.1, 0.15) is 13.8 Å². The van der Waals surface area contributed by atoms with E-state index in [1.54, 1.807) is 13.8 Å². The quantitative estimate of drug-likeness (QED) is 0.703. The average molecular weight is 230 g/mol. The average Bonchev–Trinajstić information content (AvgIpc) is 2.24. The van der Waals surface area contributed by atoms with Gasteiger partial charge in [-0.15, -0.1) is 0 Å². The first kappa shape index (κ1) is 11.2. The Bertz CT molecular complexity index is 276. The van der Waals surface area contributed by atoms with Crippen molar-refractivity contribution in [1.29, 1.82) is 0 Å². The van der Waals surface area contributed by atoms with E-state index in [0.717, 1.165) is 0 Å². The van der Waals surface area contributed by atoms with Crippen molar-refractivity contribution in [2.45, 2.75) is 25.7 Å². The Hall–Kier alpha value is 0.120. The van der Waals surface area contributed by atoms with Crippen LogP contribution in [0, 0.1) is 0 Å². The van der Waals surface area contributed by atoms with Crippen LogP contribution in [-0.4, -0.2) is 33.5 Å². The second-order valence-electron chi connectivity index (χ2n) is 3.24. The summed E-state index contributed by atoms with van der Waals surface area (Å²) in [5.41, 5.74) is 0. The highest BCUT2D eigenvalue weighted by Gasteiger charge is 2.32. The third-order valence-corrected chi connectivity index (χ3v) is 2.39. The van der Waals surface area contributed by atoms with Crippen molar-refractivity contribution >= 4 is 19.9 Å². The molecule has 1 N–H and O–H groups in total. The van der Waals surface area contributed by atoms with Crippen molar-refractivity contribution in [2.75, 3.05) is 13.2 Å². The summed E-state index contributed by atoms with van der Waals surface area (Å²) < 4.78 is 33.7. The lowest BCUT2D eigenvalue weighted by Crippen LogP contribution is -2.32. The molecule has 0 aromatic carbocycles. The van der Waals surface area contributed by atoms with E-state index in [-0.39, 0.29) is 12.6 Å². The molecule has 78 valence electrons. The van der Waals surface area contributed by atoms with E-state index in [1.807, 2.05) is 0 Å². The molecule has 1 atom stereocenters. The molecule has 0 saturated carbocycles. The highest BCUT2D eigenvalue weighted by molar-refractivity contribution is 8.12. The number of nitrogens with one attached hydrogen (secondary N) is 1. The zero-order valence-electron chi connectivity index (χ0n) is 7.41. The first-order valence-electron chi connectivity index (χ1n) is 3.79. The van der Waals surface area contributed by atoms with E-state index in [2.05, 4.69) is 4.72 Å². The molecule has 1 aliphatic heterocycles. The van der Waals surface area contributed by atoms with Crippen LogP contribution in [0.15, 0.2) is 0 Å². The predicted molar refractivity (Wildman–Crippen MR) is 47.7 cm³/mol. The fourth-order valence-electron chi connectivity index (χ4n) is 1.06. The van der Waals surface area contributed by atoms with E-state index in [0.29, 0.717) is 6.61 Å². The zero-order chi connectivity index (χ0) is 10.1. The number of hydrogen-bond acceptors (Lipinski definition) is 4. The molecule has 0 spiro atoms. The molecule has 5 nitrogen and oxygen atoms in total. The summed E-state index contributed by atoms with van der Waals surface area (Å²) in [6.07, 6.45) is -0.275. The zero-order valence-corrected chi connectivity index (χ0v) is 8.98. The Labute approximate surface area is 81.9 Å². The predicted octanol–water partition coefficient (Wildman–Crippen LogP) is 0.211. The molecule has 0 bridgehead atoms. The molecule has 1 rings (SSSR count). The molecule has 1 fully saturated rings. The van der Waals surface area contributed by atoms with Gasteiger partial charge in [0.15, 0.2) is 5.79 Å². The highest BCUT2D eigenvalue weighted by atomic mass is 35.7. The van der Waals surface area contributed by atoms with Crippen molar-refractivity contribution in [2.24, 2.45) is 0 Å². The van der Waals surface area contributed by atoms with Crippen LogP contribution in [-0.2, 0) is 18.7 Å². The van der Waals surface area contributed by atoms with Crippen molar-refractivity contribution in [3.8, 4) is 0 Å². The van der Waals surface area contributed by atoms with Gasteiger partial charge in [-0.2, -0.15) is 13.1 Å². The molecule has 0 aromatic rings. The van der Waals surface area contributed by atoms with Gasteiger partial charge in [-0.1, -0.05) is 0 Å². The minimum absolute atomic E-state index is 0.134. The van der Waals surface area contributed by atoms with E-state index >= 15 is 0 Å². The molecule has 0 aromatic heterocycles. The maximum Gasteiger partial charge on any atom is 0.297 e. The lowest BCUT2D eigenvalue weighted by atomic mass is 10.4. The normalized spacial score (nSPS) is 27.8. The number of hydrogen-bond donors (Lipinski definition) is 1. The summed E-state index contributed by atoms with van der Waals surface area (Å²) in [4.78, 5) is 0. The van der Waals surface area contributed by atoms with Gasteiger partial charge < -0.3 is 9.47 Å². The van der Waals surface area contributed by atoms with Crippen LogP contribution >= 0.6 is 10.7 Å². The van der Waals surface area contributed by atoms with Gasteiger partial charge in [-0.3, -0.25) is 0 Å². The Balaban J connectivity index is 2.34. The van der Waals surface area contributed by atoms with Crippen molar-refractivity contribution < 1.29 is 17.9 Å². The van der Waals surface area contributed by atoms with Crippen LogP contribution < -0.4 is 4.72 Å². The smallest absolute Gasteiger partial charge is 0.297 e. The van der Waals surface area contributed by atoms with Gasteiger partial charge in [0.05, 0.1) is 12.7 Å². The second-order valence-corrected chi connectivity index (χ2v) is 5.62. The van der Waals surface area contributed by atoms with Gasteiger partial charge in [-0.25, -0.2) is 0 Å². The Kier molecular flexibility index (Phi) is 3.19. The summed E-state index contributed by atoms with van der Waals surface area (Å²) in [5.74, 6) is -0.636. The number of rotatable bonds is 3. The number of ether oxygens (including phenoxy) is 2. The molecule has 1 aliphatic rings. The standard InChI is InChI=1S/C6H12ClNO4S/c1-6(2)11-4-5(12-6)3-8-13(7,9)10/h5,8H,3-4H2,1-2H3/t5-/m0/s1. The van der Waals surface area contributed by atoms with Gasteiger partial charge in [0.2, 0.25) is 0 Å². The SMILES string of the molecule is CC1(C)OC[C@H](CNS(=O)(=O)Cl)O1. The lowest BCUT2D eigenvalue weighted by Gasteiger charge is -2.16. The maximum atomic E-state index is 10.5. The van der Waals surface area contributed by atoms with E-state index in [9.17, 15) is 8.42 Å². The van der Waals surface area contributed by atoms with Crippen LogP contribution in [0.3, 0.4) is 0 Å². The Morgan fingerprint density at radius 3 is 2.62 bits per heavy atom. The topological polar surface area (TPSA) is 64.6 Å². The maximum absolute atomic E-state index is 10.5. The molecule has 0 amide bonds. The van der Waals surface area contributed by atoms with E-state index in [4.69, 9.17) is 20.2 Å². The summed E-state index contributed by atoms with van der Waals surface area (Å²) in [6, 6.07) is 0. The third kappa shape index (κ3) is 4.24. The molecular weight excluding hydrogens is 218 g/mol. The minimum Gasteiger partial charge on any atom is -0.348 e. The highest BCUT2D eigenvalue weighted by Crippen LogP contribution is 2.21. The van der Waals surface area contributed by atoms with Crippen LogP contribution in [0.5, 0.6) is 0 Å². The monoisotopic (exact) mass is 229 g/mol. The first-order chi connectivity index (χ1) is 5.79. The fourth-order valence-corrected chi connectivity index (χ4v) is 1.63. The molecule has 0 unspecified atom stereocenters. The molecule has 7 heteroatoms. The van der Waals surface area contributed by atoms with Crippen molar-refractivity contribution in [3.63, 3.8) is 0 Å². The van der Waals surface area contributed by atoms with E-state index < -0.39 is 15.0 Å². The largest absolute Gasteiger partial charge is 0.348 e. The van der Waals surface area contributed by atoms with Gasteiger partial charge in [0.1, 0.15) is 0 Å². The van der Waals surface area contributed by atoms with Gasteiger partial charge in [0.25, 0.3) is 9.24 Å². The minimum atomic E-state index is -3.66. The summed E-state index contributed by atoms with van der Waals surface area (Å²) in [5, 5.41) is 0. The van der Waals surface area contributed by atoms with E-state index in [1.165, 1.54) is 0 Å². The van der Waals surface area contributed by atoms with Crippen LogP contribution in [0.4, 0.5) is 0 Å². The summed E-state index contributed by atoms with van der Waals surface area (Å²) in [6.45, 7) is 4.03. The third-order valence-electron chi connectivity index (χ3n) is 1.55. The molecule has 1 heterocycles. The first-order valence-corrected chi connectivity index (χ1v) is 6.10. The van der Waals surface area contributed by atoms with Crippen LogP contribution in [0.25, 0.3) is 0 Å². The van der Waals surface area contributed by atoms with Crippen LogP contribution in [0.2, 0.25) is 0 Å². The Morgan fingerprint density at radius 2 is 2.23 bits per heavy atom. The fraction of sp³-hybridized carbons (Fsp3) is 1.00. The van der Waals surface area contributed by atoms with Crippen molar-refractivity contribution in [3.05, 3.63) is 0 Å². The summed E-state index contributed by atoms with van der Waals surface area (Å²) >= 11 is 0. The number of halogens is 1. The van der Waals surface area contributed by atoms with Gasteiger partial charge >= 0.3 is 0 Å². The molecule has 0 aliphatic carbocycles. The van der Waals surface area contributed by atoms with Crippen molar-refractivity contribution in [1.82, 2.24) is 4.72 Å². The van der Waals surface area contributed by atoms with Gasteiger partial charge in [-0.05, 0) is 13.8 Å². The van der Waals surface area contributed by atoms with Gasteiger partial charge in [0, 0.05) is 17.2 Å². The summed E-state index contributed by atoms with van der Waals surface area (Å²) in [7, 11) is 1.29. The second kappa shape index (κ2) is 3.70.